The van der Waals surface area contributed by atoms with Crippen molar-refractivity contribution < 1.29 is 9.90 Å². The molecule has 0 fully saturated rings. The molecule has 1 amide bonds. The first-order valence-electron chi connectivity index (χ1n) is 7.19. The molecule has 2 N–H and O–H groups in total. The molecule has 0 aromatic heterocycles. The lowest BCUT2D eigenvalue weighted by Crippen LogP contribution is -2.33. The molecule has 18 heavy (non-hydrogen) atoms. The van der Waals surface area contributed by atoms with E-state index in [9.17, 15) is 4.79 Å². The molecule has 0 saturated carbocycles. The van der Waals surface area contributed by atoms with E-state index in [-0.39, 0.29) is 11.9 Å². The molecule has 0 aliphatic heterocycles. The van der Waals surface area contributed by atoms with E-state index in [1.807, 2.05) is 6.92 Å². The highest BCUT2D eigenvalue weighted by atomic mass is 16.3. The predicted octanol–water partition coefficient (Wildman–Crippen LogP) is 1.77. The van der Waals surface area contributed by atoms with Gasteiger partial charge in [-0.15, -0.1) is 0 Å². The van der Waals surface area contributed by atoms with Gasteiger partial charge in [-0.25, -0.2) is 0 Å². The summed E-state index contributed by atoms with van der Waals surface area (Å²) < 4.78 is 0. The van der Waals surface area contributed by atoms with Crippen LogP contribution in [0.5, 0.6) is 0 Å². The molecule has 0 bridgehead atoms. The third-order valence-corrected chi connectivity index (χ3v) is 3.20. The summed E-state index contributed by atoms with van der Waals surface area (Å²) >= 11 is 0. The van der Waals surface area contributed by atoms with Crippen molar-refractivity contribution in [3.63, 3.8) is 0 Å². The third kappa shape index (κ3) is 9.42. The van der Waals surface area contributed by atoms with Crippen molar-refractivity contribution in [3.05, 3.63) is 0 Å². The highest BCUT2D eigenvalue weighted by Crippen LogP contribution is 2.01. The third-order valence-electron chi connectivity index (χ3n) is 3.20. The molecule has 0 aromatic rings. The van der Waals surface area contributed by atoms with Crippen LogP contribution in [0.3, 0.4) is 0 Å². The molecule has 0 aliphatic carbocycles. The van der Waals surface area contributed by atoms with Crippen LogP contribution < -0.4 is 5.32 Å². The number of carbonyl (C=O) groups is 1. The van der Waals surface area contributed by atoms with Crippen LogP contribution in [0.25, 0.3) is 0 Å². The summed E-state index contributed by atoms with van der Waals surface area (Å²) in [5.74, 6) is 0.0474. The van der Waals surface area contributed by atoms with E-state index >= 15 is 0 Å². The van der Waals surface area contributed by atoms with Gasteiger partial charge in [0.15, 0.2) is 0 Å². The first-order chi connectivity index (χ1) is 8.49. The summed E-state index contributed by atoms with van der Waals surface area (Å²) in [4.78, 5) is 13.9. The quantitative estimate of drug-likeness (QED) is 0.628. The molecule has 0 aromatic carbocycles. The summed E-state index contributed by atoms with van der Waals surface area (Å²) in [6.45, 7) is 11.4. The topological polar surface area (TPSA) is 52.6 Å². The second-order valence-corrected chi connectivity index (χ2v) is 5.03. The zero-order chi connectivity index (χ0) is 14.0. The number of nitrogens with one attached hydrogen (secondary N) is 1. The van der Waals surface area contributed by atoms with Gasteiger partial charge in [-0.3, -0.25) is 4.79 Å². The van der Waals surface area contributed by atoms with Gasteiger partial charge >= 0.3 is 0 Å². The van der Waals surface area contributed by atoms with Gasteiger partial charge in [0.2, 0.25) is 5.91 Å². The summed E-state index contributed by atoms with van der Waals surface area (Å²) in [5, 5.41) is 12.1. The number of rotatable bonds is 10. The number of amides is 1. The molecular formula is C14H30N2O2. The minimum atomic E-state index is -0.395. The van der Waals surface area contributed by atoms with Crippen molar-refractivity contribution in [2.75, 3.05) is 19.6 Å². The zero-order valence-corrected chi connectivity index (χ0v) is 12.4. The Balaban J connectivity index is 3.63. The average Bonchev–Trinajstić information content (AvgIpc) is 2.32. The van der Waals surface area contributed by atoms with Gasteiger partial charge in [0.1, 0.15) is 0 Å². The van der Waals surface area contributed by atoms with Gasteiger partial charge in [-0.2, -0.15) is 0 Å². The van der Waals surface area contributed by atoms with Crippen LogP contribution >= 0.6 is 0 Å². The van der Waals surface area contributed by atoms with Crippen LogP contribution in [-0.2, 0) is 4.79 Å². The van der Waals surface area contributed by atoms with Gasteiger partial charge in [-0.1, -0.05) is 13.8 Å². The van der Waals surface area contributed by atoms with Gasteiger partial charge in [-0.05, 0) is 52.7 Å². The van der Waals surface area contributed by atoms with E-state index in [1.165, 1.54) is 0 Å². The molecule has 108 valence electrons. The smallest absolute Gasteiger partial charge is 0.220 e. The van der Waals surface area contributed by atoms with Crippen molar-refractivity contribution in [2.24, 2.45) is 0 Å². The van der Waals surface area contributed by atoms with Crippen LogP contribution in [-0.4, -0.2) is 47.7 Å². The maximum absolute atomic E-state index is 11.5. The van der Waals surface area contributed by atoms with Gasteiger partial charge in [0, 0.05) is 12.5 Å². The molecule has 0 heterocycles. The lowest BCUT2D eigenvalue weighted by molar-refractivity contribution is -0.122. The summed E-state index contributed by atoms with van der Waals surface area (Å²) in [6.07, 6.45) is 2.68. The largest absolute Gasteiger partial charge is 0.393 e. The van der Waals surface area contributed by atoms with E-state index in [0.29, 0.717) is 12.8 Å². The normalized spacial score (nSPS) is 14.6. The second kappa shape index (κ2) is 10.3. The molecule has 0 rings (SSSR count). The molecule has 4 nitrogen and oxygen atoms in total. The number of hydrogen-bond acceptors (Lipinski definition) is 3. The van der Waals surface area contributed by atoms with E-state index in [0.717, 1.165) is 32.5 Å². The molecule has 2 atom stereocenters. The van der Waals surface area contributed by atoms with Gasteiger partial charge in [0.25, 0.3) is 0 Å². The van der Waals surface area contributed by atoms with E-state index in [1.54, 1.807) is 6.92 Å². The number of aliphatic hydroxyl groups excluding tert-OH is 1. The molecule has 4 heteroatoms. The van der Waals surface area contributed by atoms with Crippen molar-refractivity contribution in [2.45, 2.75) is 65.5 Å². The lowest BCUT2D eigenvalue weighted by Gasteiger charge is -2.19. The van der Waals surface area contributed by atoms with Crippen LogP contribution in [0.2, 0.25) is 0 Å². The fourth-order valence-electron chi connectivity index (χ4n) is 1.92. The minimum absolute atomic E-state index is 0.0474. The minimum Gasteiger partial charge on any atom is -0.393 e. The van der Waals surface area contributed by atoms with Crippen molar-refractivity contribution in [1.82, 2.24) is 10.2 Å². The van der Waals surface area contributed by atoms with Crippen molar-refractivity contribution in [3.8, 4) is 0 Å². The Hall–Kier alpha value is -0.610. The fourth-order valence-corrected chi connectivity index (χ4v) is 1.92. The summed E-state index contributed by atoms with van der Waals surface area (Å²) in [7, 11) is 0. The standard InChI is InChI=1S/C14H30N2O2/c1-5-16(6-2)11-7-8-12(3)15-14(18)10-9-13(4)17/h12-13,17H,5-11H2,1-4H3,(H,15,18). The Morgan fingerprint density at radius 3 is 2.33 bits per heavy atom. The van der Waals surface area contributed by atoms with Crippen molar-refractivity contribution in [1.29, 1.82) is 0 Å². The average molecular weight is 258 g/mol. The number of nitrogens with zero attached hydrogens (tertiary/aromatic N) is 1. The molecule has 0 radical (unpaired) electrons. The molecular weight excluding hydrogens is 228 g/mol. The highest BCUT2D eigenvalue weighted by molar-refractivity contribution is 5.76. The Kier molecular flexibility index (Phi) is 9.98. The lowest BCUT2D eigenvalue weighted by atomic mass is 10.1. The summed E-state index contributed by atoms with van der Waals surface area (Å²) in [5.41, 5.74) is 0. The first kappa shape index (κ1) is 17.4. The van der Waals surface area contributed by atoms with Gasteiger partial charge < -0.3 is 15.3 Å². The van der Waals surface area contributed by atoms with Crippen LogP contribution in [0.4, 0.5) is 0 Å². The number of carbonyl (C=O) groups excluding carboxylic acids is 1. The first-order valence-corrected chi connectivity index (χ1v) is 7.19. The Bertz CT molecular complexity index is 216. The Morgan fingerprint density at radius 1 is 1.22 bits per heavy atom. The van der Waals surface area contributed by atoms with Crippen LogP contribution in [0.15, 0.2) is 0 Å². The van der Waals surface area contributed by atoms with E-state index in [2.05, 4.69) is 24.1 Å². The van der Waals surface area contributed by atoms with E-state index < -0.39 is 6.10 Å². The van der Waals surface area contributed by atoms with E-state index in [4.69, 9.17) is 5.11 Å². The van der Waals surface area contributed by atoms with Crippen molar-refractivity contribution >= 4 is 5.91 Å². The zero-order valence-electron chi connectivity index (χ0n) is 12.4. The van der Waals surface area contributed by atoms with Crippen LogP contribution in [0, 0.1) is 0 Å². The van der Waals surface area contributed by atoms with Crippen LogP contribution in [0.1, 0.15) is 53.4 Å². The number of aliphatic hydroxyl groups is 1. The molecule has 0 spiro atoms. The molecule has 2 unspecified atom stereocenters. The monoisotopic (exact) mass is 258 g/mol. The molecule has 0 saturated heterocycles. The maximum Gasteiger partial charge on any atom is 0.220 e. The highest BCUT2D eigenvalue weighted by Gasteiger charge is 2.09. The maximum atomic E-state index is 11.5. The second-order valence-electron chi connectivity index (χ2n) is 5.03. The summed E-state index contributed by atoms with van der Waals surface area (Å²) in [6, 6.07) is 0.224. The Labute approximate surface area is 112 Å². The SMILES string of the molecule is CCN(CC)CCCC(C)NC(=O)CCC(C)O. The predicted molar refractivity (Wildman–Crippen MR) is 75.5 cm³/mol. The number of hydrogen-bond donors (Lipinski definition) is 2. The van der Waals surface area contributed by atoms with Gasteiger partial charge in [0.05, 0.1) is 6.10 Å². The Morgan fingerprint density at radius 2 is 1.83 bits per heavy atom. The fraction of sp³-hybridized carbons (Fsp3) is 0.929. The molecule has 0 aliphatic rings.